The summed E-state index contributed by atoms with van der Waals surface area (Å²) in [4.78, 5) is 39.2. The zero-order valence-corrected chi connectivity index (χ0v) is 18.2. The normalized spacial score (nSPS) is 10.1. The smallest absolute Gasteiger partial charge is 0.341 e. The lowest BCUT2D eigenvalue weighted by Gasteiger charge is -2.11. The fraction of sp³-hybridized carbons (Fsp3) is 0.294. The molecule has 0 unspecified atom stereocenters. The molecule has 2 aromatic rings. The number of rotatable bonds is 5. The van der Waals surface area contributed by atoms with Crippen LogP contribution in [-0.2, 0) is 16.0 Å². The first-order chi connectivity index (χ1) is 13.2. The molecule has 0 saturated heterocycles. The van der Waals surface area contributed by atoms with E-state index in [1.54, 1.807) is 21.0 Å². The summed E-state index contributed by atoms with van der Waals surface area (Å²) in [6.45, 7) is 1.67. The van der Waals surface area contributed by atoms with Gasteiger partial charge in [0.15, 0.2) is 5.11 Å². The molecule has 0 fully saturated rings. The summed E-state index contributed by atoms with van der Waals surface area (Å²) >= 11 is 7.75. The molecule has 0 radical (unpaired) electrons. The molecule has 2 heterocycles. The molecule has 0 aliphatic carbocycles. The Kier molecular flexibility index (Phi) is 7.49. The van der Waals surface area contributed by atoms with Crippen molar-refractivity contribution in [1.82, 2.24) is 15.8 Å². The largest absolute Gasteiger partial charge is 0.465 e. The van der Waals surface area contributed by atoms with Crippen LogP contribution in [0.25, 0.3) is 0 Å². The van der Waals surface area contributed by atoms with Gasteiger partial charge in [-0.3, -0.25) is 20.4 Å². The van der Waals surface area contributed by atoms with Crippen LogP contribution < -0.4 is 16.2 Å². The molecule has 28 heavy (non-hydrogen) atoms. The number of anilines is 1. The number of methoxy groups -OCH3 is 1. The summed E-state index contributed by atoms with van der Waals surface area (Å²) in [5, 5.41) is 5.18. The lowest BCUT2D eigenvalue weighted by molar-refractivity contribution is -0.120. The van der Waals surface area contributed by atoms with Crippen LogP contribution in [-0.4, -0.2) is 49.0 Å². The lowest BCUT2D eigenvalue weighted by Crippen LogP contribution is -2.44. The Labute approximate surface area is 175 Å². The van der Waals surface area contributed by atoms with E-state index in [1.807, 2.05) is 17.5 Å². The maximum absolute atomic E-state index is 12.3. The minimum Gasteiger partial charge on any atom is -0.465 e. The first kappa shape index (κ1) is 21.8. The van der Waals surface area contributed by atoms with Crippen molar-refractivity contribution in [1.29, 1.82) is 0 Å². The van der Waals surface area contributed by atoms with Crippen LogP contribution >= 0.6 is 34.9 Å². The average molecular weight is 441 g/mol. The molecule has 3 N–H and O–H groups in total. The average Bonchev–Trinajstić information content (AvgIpc) is 3.26. The van der Waals surface area contributed by atoms with Gasteiger partial charge >= 0.3 is 5.97 Å². The molecule has 0 bridgehead atoms. The van der Waals surface area contributed by atoms with Crippen molar-refractivity contribution in [2.75, 3.05) is 26.5 Å². The molecule has 0 aromatic carbocycles. The number of hydrazine groups is 1. The van der Waals surface area contributed by atoms with Gasteiger partial charge in [0.05, 0.1) is 24.0 Å². The monoisotopic (exact) mass is 440 g/mol. The summed E-state index contributed by atoms with van der Waals surface area (Å²) in [5.41, 5.74) is 5.82. The molecular formula is C17H20N4O4S3. The molecule has 150 valence electrons. The fourth-order valence-electron chi connectivity index (χ4n) is 2.23. The van der Waals surface area contributed by atoms with E-state index >= 15 is 0 Å². The summed E-state index contributed by atoms with van der Waals surface area (Å²) in [6.07, 6.45) is 0.223. The standard InChI is InChI=1S/C17H20N4O4S3/c1-9-12(16(24)25-4)14(28-13(9)15(23)21(2)3)18-17(26)20-19-11(22)8-10-6-5-7-27-10/h5-7H,8H2,1-4H3,(H,19,22)(H2,18,20,26). The number of carbonyl (C=O) groups is 3. The number of nitrogens with one attached hydrogen (secondary N) is 3. The Balaban J connectivity index is 2.09. The van der Waals surface area contributed by atoms with Gasteiger partial charge in [-0.1, -0.05) is 6.07 Å². The van der Waals surface area contributed by atoms with Gasteiger partial charge in [0, 0.05) is 19.0 Å². The fourth-order valence-corrected chi connectivity index (χ4v) is 4.37. The third-order valence-corrected chi connectivity index (χ3v) is 5.87. The number of thiocarbonyl (C=S) groups is 1. The highest BCUT2D eigenvalue weighted by Crippen LogP contribution is 2.34. The van der Waals surface area contributed by atoms with Crippen molar-refractivity contribution in [2.24, 2.45) is 0 Å². The quantitative estimate of drug-likeness (QED) is 0.372. The molecule has 0 saturated carbocycles. The Morgan fingerprint density at radius 1 is 1.25 bits per heavy atom. The SMILES string of the molecule is COC(=O)c1c(NC(=S)NNC(=O)Cc2cccs2)sc(C(=O)N(C)C)c1C. The van der Waals surface area contributed by atoms with Crippen LogP contribution in [0.2, 0.25) is 0 Å². The molecule has 0 spiro atoms. The van der Waals surface area contributed by atoms with Gasteiger partial charge in [0.25, 0.3) is 5.91 Å². The van der Waals surface area contributed by atoms with Gasteiger partial charge in [-0.15, -0.1) is 22.7 Å². The minimum absolute atomic E-state index is 0.0785. The van der Waals surface area contributed by atoms with Gasteiger partial charge in [0.1, 0.15) is 5.00 Å². The minimum atomic E-state index is -0.585. The summed E-state index contributed by atoms with van der Waals surface area (Å²) in [6, 6.07) is 3.73. The molecule has 2 amide bonds. The second-order valence-electron chi connectivity index (χ2n) is 5.83. The van der Waals surface area contributed by atoms with Gasteiger partial charge in [-0.2, -0.15) is 0 Å². The van der Waals surface area contributed by atoms with E-state index in [-0.39, 0.29) is 28.9 Å². The van der Waals surface area contributed by atoms with E-state index < -0.39 is 5.97 Å². The summed E-state index contributed by atoms with van der Waals surface area (Å²) < 4.78 is 4.82. The van der Waals surface area contributed by atoms with Gasteiger partial charge < -0.3 is 15.0 Å². The highest BCUT2D eigenvalue weighted by Gasteiger charge is 2.26. The number of esters is 1. The first-order valence-electron chi connectivity index (χ1n) is 8.06. The van der Waals surface area contributed by atoms with Crippen molar-refractivity contribution in [2.45, 2.75) is 13.3 Å². The number of nitrogens with zero attached hydrogens (tertiary/aromatic N) is 1. The number of hydrogen-bond acceptors (Lipinski definition) is 7. The number of ether oxygens (including phenoxy) is 1. The third-order valence-electron chi connectivity index (χ3n) is 3.59. The Bertz CT molecular complexity index is 891. The van der Waals surface area contributed by atoms with Crippen LogP contribution in [0.1, 0.15) is 30.5 Å². The van der Waals surface area contributed by atoms with E-state index in [0.29, 0.717) is 15.4 Å². The second kappa shape index (κ2) is 9.62. The number of carbonyl (C=O) groups excluding carboxylic acids is 3. The first-order valence-corrected chi connectivity index (χ1v) is 10.2. The molecule has 11 heteroatoms. The maximum atomic E-state index is 12.3. The van der Waals surface area contributed by atoms with Crippen LogP contribution in [0.15, 0.2) is 17.5 Å². The lowest BCUT2D eigenvalue weighted by atomic mass is 10.1. The van der Waals surface area contributed by atoms with Gasteiger partial charge in [0.2, 0.25) is 5.91 Å². The molecule has 0 atom stereocenters. The Morgan fingerprint density at radius 3 is 2.54 bits per heavy atom. The van der Waals surface area contributed by atoms with Crippen molar-refractivity contribution in [3.05, 3.63) is 38.4 Å². The second-order valence-corrected chi connectivity index (χ2v) is 8.30. The third kappa shape index (κ3) is 5.27. The van der Waals surface area contributed by atoms with Crippen LogP contribution in [0.3, 0.4) is 0 Å². The molecule has 8 nitrogen and oxygen atoms in total. The Morgan fingerprint density at radius 2 is 1.96 bits per heavy atom. The van der Waals surface area contributed by atoms with Crippen LogP contribution in [0, 0.1) is 6.92 Å². The summed E-state index contributed by atoms with van der Waals surface area (Å²) in [5.74, 6) is -1.08. The topological polar surface area (TPSA) is 99.8 Å². The van der Waals surface area contributed by atoms with Crippen LogP contribution in [0.5, 0.6) is 0 Å². The number of thiophene rings is 2. The van der Waals surface area contributed by atoms with Gasteiger partial charge in [-0.25, -0.2) is 4.79 Å². The van der Waals surface area contributed by atoms with Crippen molar-refractivity contribution in [3.8, 4) is 0 Å². The zero-order valence-electron chi connectivity index (χ0n) is 15.7. The predicted octanol–water partition coefficient (Wildman–Crippen LogP) is 2.17. The van der Waals surface area contributed by atoms with E-state index in [4.69, 9.17) is 17.0 Å². The van der Waals surface area contributed by atoms with Crippen LogP contribution in [0.4, 0.5) is 5.00 Å². The van der Waals surface area contributed by atoms with E-state index in [1.165, 1.54) is 23.3 Å². The molecule has 0 aliphatic heterocycles. The van der Waals surface area contributed by atoms with Crippen molar-refractivity contribution >= 4 is 62.8 Å². The molecule has 0 aliphatic rings. The van der Waals surface area contributed by atoms with E-state index in [0.717, 1.165) is 16.2 Å². The maximum Gasteiger partial charge on any atom is 0.341 e. The molecule has 2 rings (SSSR count). The Hall–Kier alpha value is -2.50. The predicted molar refractivity (Wildman–Crippen MR) is 114 cm³/mol. The molecule has 2 aromatic heterocycles. The number of hydrogen-bond donors (Lipinski definition) is 3. The van der Waals surface area contributed by atoms with Gasteiger partial charge in [-0.05, 0) is 36.2 Å². The highest BCUT2D eigenvalue weighted by molar-refractivity contribution is 7.80. The van der Waals surface area contributed by atoms with Crippen molar-refractivity contribution in [3.63, 3.8) is 0 Å². The van der Waals surface area contributed by atoms with E-state index in [9.17, 15) is 14.4 Å². The van der Waals surface area contributed by atoms with E-state index in [2.05, 4.69) is 16.2 Å². The number of amides is 2. The highest BCUT2D eigenvalue weighted by atomic mass is 32.1. The zero-order chi connectivity index (χ0) is 20.8. The summed E-state index contributed by atoms with van der Waals surface area (Å²) in [7, 11) is 4.52. The molecular weight excluding hydrogens is 420 g/mol. The van der Waals surface area contributed by atoms with Crippen molar-refractivity contribution < 1.29 is 19.1 Å².